The highest BCUT2D eigenvalue weighted by Gasteiger charge is 2.12. The standard InChI is InChI=1S/C10H13FN2O3/c11-4-1-5-12-7-8-2-3-10(14)9(6-8)13(15)16/h2-3,6,12,14H,1,4-5,7H2. The summed E-state index contributed by atoms with van der Waals surface area (Å²) < 4.78 is 11.8. The first-order valence-electron chi connectivity index (χ1n) is 4.88. The third-order valence-electron chi connectivity index (χ3n) is 2.05. The number of aromatic hydroxyl groups is 1. The van der Waals surface area contributed by atoms with Gasteiger partial charge in [0.25, 0.3) is 0 Å². The van der Waals surface area contributed by atoms with E-state index in [-0.39, 0.29) is 18.1 Å². The molecule has 0 aliphatic carbocycles. The third kappa shape index (κ3) is 3.47. The first-order valence-corrected chi connectivity index (χ1v) is 4.88. The van der Waals surface area contributed by atoms with Crippen molar-refractivity contribution in [1.29, 1.82) is 0 Å². The van der Waals surface area contributed by atoms with Crippen LogP contribution in [0.15, 0.2) is 18.2 Å². The summed E-state index contributed by atoms with van der Waals surface area (Å²) in [6.07, 6.45) is 0.417. The number of phenolic OH excluding ortho intramolecular Hbond substituents is 1. The van der Waals surface area contributed by atoms with Crippen LogP contribution in [0.1, 0.15) is 12.0 Å². The number of nitro benzene ring substituents is 1. The van der Waals surface area contributed by atoms with Crippen LogP contribution in [0.3, 0.4) is 0 Å². The van der Waals surface area contributed by atoms with Crippen molar-refractivity contribution in [3.05, 3.63) is 33.9 Å². The molecule has 0 unspecified atom stereocenters. The van der Waals surface area contributed by atoms with E-state index >= 15 is 0 Å². The fraction of sp³-hybridized carbons (Fsp3) is 0.400. The van der Waals surface area contributed by atoms with E-state index in [0.717, 1.165) is 0 Å². The smallest absolute Gasteiger partial charge is 0.311 e. The van der Waals surface area contributed by atoms with Gasteiger partial charge in [0.2, 0.25) is 0 Å². The number of benzene rings is 1. The van der Waals surface area contributed by atoms with E-state index in [9.17, 15) is 19.6 Å². The number of phenols is 1. The van der Waals surface area contributed by atoms with Crippen molar-refractivity contribution in [1.82, 2.24) is 5.32 Å². The van der Waals surface area contributed by atoms with Crippen LogP contribution < -0.4 is 5.32 Å². The van der Waals surface area contributed by atoms with Gasteiger partial charge >= 0.3 is 5.69 Å². The summed E-state index contributed by atoms with van der Waals surface area (Å²) in [6, 6.07) is 4.17. The summed E-state index contributed by atoms with van der Waals surface area (Å²) in [6.45, 7) is 0.551. The third-order valence-corrected chi connectivity index (χ3v) is 2.05. The largest absolute Gasteiger partial charge is 0.502 e. The molecule has 0 saturated heterocycles. The molecule has 88 valence electrons. The molecule has 2 N–H and O–H groups in total. The number of halogens is 1. The van der Waals surface area contributed by atoms with Gasteiger partial charge in [0.15, 0.2) is 5.75 Å². The highest BCUT2D eigenvalue weighted by Crippen LogP contribution is 2.26. The molecule has 0 heterocycles. The molecule has 0 aromatic heterocycles. The van der Waals surface area contributed by atoms with E-state index in [1.54, 1.807) is 6.07 Å². The maximum atomic E-state index is 11.8. The molecule has 1 rings (SSSR count). The first-order chi connectivity index (χ1) is 7.65. The molecule has 1 aromatic carbocycles. The molecular weight excluding hydrogens is 215 g/mol. The van der Waals surface area contributed by atoms with Gasteiger partial charge < -0.3 is 10.4 Å². The molecule has 0 aliphatic rings. The maximum Gasteiger partial charge on any atom is 0.311 e. The van der Waals surface area contributed by atoms with Crippen LogP contribution in [0.4, 0.5) is 10.1 Å². The molecule has 0 bridgehead atoms. The summed E-state index contributed by atoms with van der Waals surface area (Å²) in [5.41, 5.74) is 0.369. The Morgan fingerprint density at radius 2 is 2.25 bits per heavy atom. The van der Waals surface area contributed by atoms with Crippen LogP contribution in [0, 0.1) is 10.1 Å². The van der Waals surface area contributed by atoms with E-state index < -0.39 is 4.92 Å². The molecule has 6 heteroatoms. The first kappa shape index (κ1) is 12.4. The summed E-state index contributed by atoms with van der Waals surface area (Å²) >= 11 is 0. The molecule has 0 spiro atoms. The Balaban J connectivity index is 2.61. The van der Waals surface area contributed by atoms with Gasteiger partial charge in [-0.25, -0.2) is 0 Å². The predicted molar refractivity (Wildman–Crippen MR) is 57.1 cm³/mol. The molecular formula is C10H13FN2O3. The molecule has 1 aromatic rings. The Hall–Kier alpha value is -1.69. The van der Waals surface area contributed by atoms with Gasteiger partial charge in [-0.2, -0.15) is 0 Å². The molecule has 0 amide bonds. The van der Waals surface area contributed by atoms with Gasteiger partial charge in [-0.3, -0.25) is 14.5 Å². The van der Waals surface area contributed by atoms with E-state index in [4.69, 9.17) is 0 Å². The highest BCUT2D eigenvalue weighted by molar-refractivity contribution is 5.47. The Labute approximate surface area is 92.1 Å². The number of hydrogen-bond acceptors (Lipinski definition) is 4. The van der Waals surface area contributed by atoms with E-state index in [1.165, 1.54) is 12.1 Å². The number of nitrogens with zero attached hydrogens (tertiary/aromatic N) is 1. The number of nitro groups is 1. The van der Waals surface area contributed by atoms with Crippen molar-refractivity contribution < 1.29 is 14.4 Å². The van der Waals surface area contributed by atoms with Crippen molar-refractivity contribution in [2.24, 2.45) is 0 Å². The van der Waals surface area contributed by atoms with Crippen molar-refractivity contribution in [2.75, 3.05) is 13.2 Å². The highest BCUT2D eigenvalue weighted by atomic mass is 19.1. The minimum Gasteiger partial charge on any atom is -0.502 e. The lowest BCUT2D eigenvalue weighted by atomic mass is 10.2. The normalized spacial score (nSPS) is 10.3. The number of hydrogen-bond donors (Lipinski definition) is 2. The second kappa shape index (κ2) is 6.02. The fourth-order valence-electron chi connectivity index (χ4n) is 1.25. The lowest BCUT2D eigenvalue weighted by Crippen LogP contribution is -2.15. The van der Waals surface area contributed by atoms with Crippen LogP contribution in [-0.2, 0) is 6.54 Å². The van der Waals surface area contributed by atoms with Gasteiger partial charge in [-0.05, 0) is 24.6 Å². The summed E-state index contributed by atoms with van der Waals surface area (Å²) in [7, 11) is 0. The molecule has 0 atom stereocenters. The van der Waals surface area contributed by atoms with Gasteiger partial charge in [0.1, 0.15) is 0 Å². The minimum absolute atomic E-state index is 0.315. The van der Waals surface area contributed by atoms with Crippen LogP contribution in [-0.4, -0.2) is 23.2 Å². The number of rotatable bonds is 6. The van der Waals surface area contributed by atoms with Crippen molar-refractivity contribution in [3.8, 4) is 5.75 Å². The average Bonchev–Trinajstić information content (AvgIpc) is 2.26. The number of alkyl halides is 1. The van der Waals surface area contributed by atoms with Gasteiger partial charge in [0.05, 0.1) is 11.6 Å². The molecule has 0 fully saturated rings. The van der Waals surface area contributed by atoms with Gasteiger partial charge in [0, 0.05) is 12.6 Å². The fourth-order valence-corrected chi connectivity index (χ4v) is 1.25. The zero-order valence-electron chi connectivity index (χ0n) is 8.65. The molecule has 16 heavy (non-hydrogen) atoms. The second-order valence-corrected chi connectivity index (χ2v) is 3.30. The predicted octanol–water partition coefficient (Wildman–Crippen LogP) is 1.75. The molecule has 0 radical (unpaired) electrons. The molecule has 0 saturated carbocycles. The van der Waals surface area contributed by atoms with Crippen LogP contribution >= 0.6 is 0 Å². The molecule has 5 nitrogen and oxygen atoms in total. The summed E-state index contributed by atoms with van der Waals surface area (Å²) in [5.74, 6) is -0.350. The number of nitrogens with one attached hydrogen (secondary N) is 1. The van der Waals surface area contributed by atoms with E-state index in [2.05, 4.69) is 5.32 Å². The summed E-state index contributed by atoms with van der Waals surface area (Å²) in [4.78, 5) is 9.89. The lowest BCUT2D eigenvalue weighted by molar-refractivity contribution is -0.385. The van der Waals surface area contributed by atoms with Crippen LogP contribution in [0.5, 0.6) is 5.75 Å². The zero-order chi connectivity index (χ0) is 12.0. The topological polar surface area (TPSA) is 75.4 Å². The average molecular weight is 228 g/mol. The second-order valence-electron chi connectivity index (χ2n) is 3.30. The van der Waals surface area contributed by atoms with E-state index in [1.807, 2.05) is 0 Å². The Morgan fingerprint density at radius 3 is 2.88 bits per heavy atom. The zero-order valence-corrected chi connectivity index (χ0v) is 8.65. The Bertz CT molecular complexity index is 371. The van der Waals surface area contributed by atoms with Gasteiger partial charge in [-0.15, -0.1) is 0 Å². The van der Waals surface area contributed by atoms with E-state index in [0.29, 0.717) is 25.1 Å². The molecule has 0 aliphatic heterocycles. The Kier molecular flexibility index (Phi) is 4.65. The Morgan fingerprint density at radius 1 is 1.50 bits per heavy atom. The maximum absolute atomic E-state index is 11.8. The minimum atomic E-state index is -0.638. The van der Waals surface area contributed by atoms with Gasteiger partial charge in [-0.1, -0.05) is 6.07 Å². The lowest BCUT2D eigenvalue weighted by Gasteiger charge is -2.04. The summed E-state index contributed by atoms with van der Waals surface area (Å²) in [5, 5.41) is 22.7. The van der Waals surface area contributed by atoms with Crippen molar-refractivity contribution in [3.63, 3.8) is 0 Å². The monoisotopic (exact) mass is 228 g/mol. The van der Waals surface area contributed by atoms with Crippen molar-refractivity contribution >= 4 is 5.69 Å². The van der Waals surface area contributed by atoms with Crippen LogP contribution in [0.25, 0.3) is 0 Å². The van der Waals surface area contributed by atoms with Crippen molar-refractivity contribution in [2.45, 2.75) is 13.0 Å². The van der Waals surface area contributed by atoms with Crippen LogP contribution in [0.2, 0.25) is 0 Å². The SMILES string of the molecule is O=[N+]([O-])c1cc(CNCCCF)ccc1O. The quantitative estimate of drug-likeness (QED) is 0.442.